The van der Waals surface area contributed by atoms with Crippen LogP contribution < -0.4 is 0 Å². The van der Waals surface area contributed by atoms with Crippen LogP contribution in [0.25, 0.3) is 104 Å². The Hall–Kier alpha value is -7.86. The highest BCUT2D eigenvalue weighted by Crippen LogP contribution is 2.43. The standard InChI is InChI=1S/C50H28N4O/c1-52-34-21-23-45-42(29-34)49-46(24-25-48-50(49)40-17-5-7-19-47(40)55-48)54(45)36-13-9-11-33(28-36)38-15-3-2-14-37(38)32-10-8-12-35(27-32)53-43-18-6-4-16-39(43)41-26-31(30-51)20-22-44(41)53/h2-29H. The second-order valence-electron chi connectivity index (χ2n) is 13.9. The van der Waals surface area contributed by atoms with Crippen LogP contribution in [-0.4, -0.2) is 9.13 Å². The highest BCUT2D eigenvalue weighted by molar-refractivity contribution is 6.27. The molecular weight excluding hydrogens is 673 g/mol. The topological polar surface area (TPSA) is 51.1 Å². The van der Waals surface area contributed by atoms with Crippen LogP contribution in [0.2, 0.25) is 0 Å². The van der Waals surface area contributed by atoms with Crippen molar-refractivity contribution in [3.05, 3.63) is 187 Å². The van der Waals surface area contributed by atoms with Crippen molar-refractivity contribution in [3.8, 4) is 39.7 Å². The van der Waals surface area contributed by atoms with Crippen LogP contribution in [0.1, 0.15) is 5.56 Å². The molecule has 0 fully saturated rings. The first-order valence-corrected chi connectivity index (χ1v) is 18.2. The van der Waals surface area contributed by atoms with E-state index in [4.69, 9.17) is 11.0 Å². The summed E-state index contributed by atoms with van der Waals surface area (Å²) in [5.74, 6) is 0. The lowest BCUT2D eigenvalue weighted by Crippen LogP contribution is -1.96. The number of rotatable bonds is 4. The molecule has 11 aromatic rings. The van der Waals surface area contributed by atoms with Crippen LogP contribution >= 0.6 is 0 Å². The maximum atomic E-state index is 9.65. The summed E-state index contributed by atoms with van der Waals surface area (Å²) in [6.45, 7) is 7.80. The Labute approximate surface area is 315 Å². The smallest absolute Gasteiger partial charge is 0.188 e. The maximum Gasteiger partial charge on any atom is 0.188 e. The third-order valence-electron chi connectivity index (χ3n) is 10.9. The summed E-state index contributed by atoms with van der Waals surface area (Å²) in [5.41, 5.74) is 13.7. The molecule has 0 aliphatic carbocycles. The number of para-hydroxylation sites is 2. The van der Waals surface area contributed by atoms with E-state index in [9.17, 15) is 5.26 Å². The van der Waals surface area contributed by atoms with Gasteiger partial charge in [0.1, 0.15) is 11.2 Å². The highest BCUT2D eigenvalue weighted by atomic mass is 16.3. The van der Waals surface area contributed by atoms with Crippen LogP contribution in [0.5, 0.6) is 0 Å². The van der Waals surface area contributed by atoms with Crippen LogP contribution in [0.3, 0.4) is 0 Å². The number of hydrogen-bond acceptors (Lipinski definition) is 2. The lowest BCUT2D eigenvalue weighted by molar-refractivity contribution is 0.669. The lowest BCUT2D eigenvalue weighted by Gasteiger charge is -2.15. The van der Waals surface area contributed by atoms with E-state index >= 15 is 0 Å². The summed E-state index contributed by atoms with van der Waals surface area (Å²) in [6.07, 6.45) is 0. The Bertz CT molecular complexity index is 3470. The van der Waals surface area contributed by atoms with Gasteiger partial charge in [0, 0.05) is 38.3 Å². The summed E-state index contributed by atoms with van der Waals surface area (Å²) >= 11 is 0. The molecule has 0 atom stereocenters. The first-order valence-electron chi connectivity index (χ1n) is 18.2. The van der Waals surface area contributed by atoms with Crippen molar-refractivity contribution in [2.75, 3.05) is 0 Å². The number of benzene rings is 8. The first kappa shape index (κ1) is 30.7. The van der Waals surface area contributed by atoms with Gasteiger partial charge in [-0.3, -0.25) is 0 Å². The molecule has 0 saturated carbocycles. The molecule has 3 heterocycles. The van der Waals surface area contributed by atoms with Crippen LogP contribution in [0.4, 0.5) is 5.69 Å². The second kappa shape index (κ2) is 11.8. The average molecular weight is 701 g/mol. The first-order chi connectivity index (χ1) is 27.2. The van der Waals surface area contributed by atoms with Gasteiger partial charge in [-0.2, -0.15) is 5.26 Å². The zero-order chi connectivity index (χ0) is 36.6. The number of nitrogens with zero attached hydrogens (tertiary/aromatic N) is 4. The third-order valence-corrected chi connectivity index (χ3v) is 10.9. The van der Waals surface area contributed by atoms with E-state index in [1.807, 2.05) is 42.5 Å². The van der Waals surface area contributed by atoms with E-state index < -0.39 is 0 Å². The molecule has 11 rings (SSSR count). The van der Waals surface area contributed by atoms with E-state index in [0.29, 0.717) is 11.3 Å². The molecule has 0 aliphatic rings. The minimum absolute atomic E-state index is 0.606. The van der Waals surface area contributed by atoms with Gasteiger partial charge in [-0.15, -0.1) is 0 Å². The number of aromatic nitrogens is 2. The molecule has 0 aliphatic heterocycles. The van der Waals surface area contributed by atoms with Crippen molar-refractivity contribution in [2.24, 2.45) is 0 Å². The molecule has 5 heteroatoms. The molecule has 0 amide bonds. The molecule has 0 unspecified atom stereocenters. The van der Waals surface area contributed by atoms with Crippen LogP contribution in [0.15, 0.2) is 174 Å². The van der Waals surface area contributed by atoms with E-state index in [-0.39, 0.29) is 0 Å². The minimum atomic E-state index is 0.606. The lowest BCUT2D eigenvalue weighted by atomic mass is 9.94. The predicted octanol–water partition coefficient (Wildman–Crippen LogP) is 13.5. The van der Waals surface area contributed by atoms with Gasteiger partial charge in [0.25, 0.3) is 0 Å². The second-order valence-corrected chi connectivity index (χ2v) is 13.9. The Morgan fingerprint density at radius 2 is 1.09 bits per heavy atom. The fourth-order valence-electron chi connectivity index (χ4n) is 8.59. The molecule has 5 nitrogen and oxygen atoms in total. The Morgan fingerprint density at radius 1 is 0.473 bits per heavy atom. The molecule has 55 heavy (non-hydrogen) atoms. The summed E-state index contributed by atoms with van der Waals surface area (Å²) in [5, 5.41) is 16.1. The Morgan fingerprint density at radius 3 is 1.84 bits per heavy atom. The zero-order valence-electron chi connectivity index (χ0n) is 29.4. The van der Waals surface area contributed by atoms with Crippen molar-refractivity contribution >= 4 is 71.2 Å². The SMILES string of the molecule is [C-]#[N+]c1ccc2c(c1)c1c3c(ccc1n2-c1cccc(-c2ccccc2-c2cccc(-n4c5ccccc5c5cc(C#N)ccc54)c2)c1)oc1ccccc13. The average Bonchev–Trinajstić information content (AvgIpc) is 3.90. The van der Waals surface area contributed by atoms with Crippen molar-refractivity contribution in [2.45, 2.75) is 0 Å². The molecule has 0 radical (unpaired) electrons. The molecule has 0 spiro atoms. The summed E-state index contributed by atoms with van der Waals surface area (Å²) in [7, 11) is 0. The zero-order valence-corrected chi connectivity index (χ0v) is 29.4. The fourth-order valence-corrected chi connectivity index (χ4v) is 8.59. The van der Waals surface area contributed by atoms with Gasteiger partial charge < -0.3 is 13.6 Å². The molecular formula is C50H28N4O. The molecule has 8 aromatic carbocycles. The minimum Gasteiger partial charge on any atom is -0.456 e. The van der Waals surface area contributed by atoms with Gasteiger partial charge in [-0.05, 0) is 107 Å². The van der Waals surface area contributed by atoms with Gasteiger partial charge in [-0.25, -0.2) is 4.85 Å². The van der Waals surface area contributed by atoms with E-state index in [2.05, 4.69) is 147 Å². The van der Waals surface area contributed by atoms with Gasteiger partial charge in [0.15, 0.2) is 5.69 Å². The summed E-state index contributed by atoms with van der Waals surface area (Å²) in [4.78, 5) is 3.80. The Kier molecular flexibility index (Phi) is 6.61. The van der Waals surface area contributed by atoms with Crippen molar-refractivity contribution < 1.29 is 4.42 Å². The normalized spacial score (nSPS) is 11.6. The van der Waals surface area contributed by atoms with Gasteiger partial charge in [0.2, 0.25) is 0 Å². The molecule has 0 N–H and O–H groups in total. The molecule has 0 bridgehead atoms. The summed E-state index contributed by atoms with van der Waals surface area (Å²) < 4.78 is 10.9. The van der Waals surface area contributed by atoms with Gasteiger partial charge in [-0.1, -0.05) is 91.0 Å². The highest BCUT2D eigenvalue weighted by Gasteiger charge is 2.20. The predicted molar refractivity (Wildman–Crippen MR) is 224 cm³/mol. The Balaban J connectivity index is 1.09. The number of nitriles is 1. The number of hydrogen-bond donors (Lipinski definition) is 0. The van der Waals surface area contributed by atoms with E-state index in [0.717, 1.165) is 99.2 Å². The molecule has 254 valence electrons. The van der Waals surface area contributed by atoms with Crippen LogP contribution in [-0.2, 0) is 0 Å². The van der Waals surface area contributed by atoms with Crippen LogP contribution in [0, 0.1) is 17.9 Å². The summed E-state index contributed by atoms with van der Waals surface area (Å²) in [6, 6.07) is 61.0. The quantitative estimate of drug-likeness (QED) is 0.172. The van der Waals surface area contributed by atoms with Gasteiger partial charge >= 0.3 is 0 Å². The third kappa shape index (κ3) is 4.58. The monoisotopic (exact) mass is 700 g/mol. The largest absolute Gasteiger partial charge is 0.456 e. The maximum absolute atomic E-state index is 9.65. The molecule has 0 saturated heterocycles. The van der Waals surface area contributed by atoms with E-state index in [1.165, 1.54) is 0 Å². The fraction of sp³-hybridized carbons (Fsp3) is 0. The molecule has 3 aromatic heterocycles. The number of furan rings is 1. The van der Waals surface area contributed by atoms with Gasteiger partial charge in [0.05, 0.1) is 40.3 Å². The number of fused-ring (bicyclic) bond motifs is 10. The van der Waals surface area contributed by atoms with Crippen molar-refractivity contribution in [1.29, 1.82) is 5.26 Å². The van der Waals surface area contributed by atoms with Crippen molar-refractivity contribution in [3.63, 3.8) is 0 Å². The van der Waals surface area contributed by atoms with Crippen molar-refractivity contribution in [1.82, 2.24) is 9.13 Å². The van der Waals surface area contributed by atoms with E-state index in [1.54, 1.807) is 0 Å².